The molecule has 0 amide bonds. The van der Waals surface area contributed by atoms with Crippen LogP contribution in [0, 0.1) is 0 Å². The summed E-state index contributed by atoms with van der Waals surface area (Å²) in [5.41, 5.74) is 0. The zero-order chi connectivity index (χ0) is 5.54. The lowest BCUT2D eigenvalue weighted by molar-refractivity contribution is 0.178. The average Bonchev–Trinajstić information content (AvgIpc) is 1.69. The summed E-state index contributed by atoms with van der Waals surface area (Å²) in [5, 5.41) is 0. The summed E-state index contributed by atoms with van der Waals surface area (Å²) in [7, 11) is 0.171. The van der Waals surface area contributed by atoms with Gasteiger partial charge in [-0.25, -0.2) is 0 Å². The number of rotatable bonds is 4. The SMILES string of the molecule is C.C.C.C.C.C.CCCOC[SiH2]C. The first-order valence-corrected chi connectivity index (χ1v) is 5.41. The molecule has 0 rings (SSSR count). The van der Waals surface area contributed by atoms with E-state index in [1.54, 1.807) is 0 Å². The highest BCUT2D eigenvalue weighted by Crippen LogP contribution is 1.76. The molecule has 2 heteroatoms. The highest BCUT2D eigenvalue weighted by molar-refractivity contribution is 6.33. The predicted octanol–water partition coefficient (Wildman–Crippen LogP) is 4.40. The summed E-state index contributed by atoms with van der Waals surface area (Å²) < 4.78 is 5.19. The first kappa shape index (κ1) is 51.2. The molecule has 0 unspecified atom stereocenters. The quantitative estimate of drug-likeness (QED) is 0.498. The van der Waals surface area contributed by atoms with Crippen molar-refractivity contribution in [2.75, 3.05) is 12.8 Å². The molecule has 13 heavy (non-hydrogen) atoms. The predicted molar refractivity (Wildman–Crippen MR) is 75.9 cm³/mol. The van der Waals surface area contributed by atoms with E-state index in [2.05, 4.69) is 13.5 Å². The van der Waals surface area contributed by atoms with Gasteiger partial charge in [-0.1, -0.05) is 58.0 Å². The Morgan fingerprint density at radius 3 is 1.54 bits per heavy atom. The Hall–Kier alpha value is 0.177. The Morgan fingerprint density at radius 2 is 1.31 bits per heavy atom. The molecular formula is C11H38OSi. The van der Waals surface area contributed by atoms with Crippen molar-refractivity contribution in [1.29, 1.82) is 0 Å². The fraction of sp³-hybridized carbons (Fsp3) is 1.00. The van der Waals surface area contributed by atoms with Crippen molar-refractivity contribution in [3.63, 3.8) is 0 Å². The molecule has 0 aliphatic heterocycles. The maximum absolute atomic E-state index is 5.19. The second-order valence-electron chi connectivity index (χ2n) is 1.61. The zero-order valence-electron chi connectivity index (χ0n) is 5.24. The monoisotopic (exact) mass is 214 g/mol. The molecule has 0 saturated carbocycles. The number of hydrogen-bond donors (Lipinski definition) is 0. The van der Waals surface area contributed by atoms with Gasteiger partial charge >= 0.3 is 0 Å². The van der Waals surface area contributed by atoms with Crippen LogP contribution in [-0.4, -0.2) is 22.4 Å². The largest absolute Gasteiger partial charge is 0.385 e. The maximum Gasteiger partial charge on any atom is 0.0485 e. The molecule has 1 nitrogen and oxygen atoms in total. The second kappa shape index (κ2) is 56.8. The van der Waals surface area contributed by atoms with Gasteiger partial charge in [0.25, 0.3) is 0 Å². The van der Waals surface area contributed by atoms with Crippen molar-refractivity contribution in [3.05, 3.63) is 0 Å². The summed E-state index contributed by atoms with van der Waals surface area (Å²) in [6, 6.07) is 0. The van der Waals surface area contributed by atoms with E-state index in [1.165, 1.54) is 0 Å². The second-order valence-corrected chi connectivity index (χ2v) is 3.02. The highest BCUT2D eigenvalue weighted by atomic mass is 28.2. The van der Waals surface area contributed by atoms with Gasteiger partial charge in [-0.3, -0.25) is 0 Å². The summed E-state index contributed by atoms with van der Waals surface area (Å²) in [6.07, 6.45) is 2.22. The molecule has 0 aromatic heterocycles. The van der Waals surface area contributed by atoms with Crippen LogP contribution in [0.2, 0.25) is 6.55 Å². The van der Waals surface area contributed by atoms with Gasteiger partial charge in [0.1, 0.15) is 0 Å². The van der Waals surface area contributed by atoms with Gasteiger partial charge in [0, 0.05) is 22.4 Å². The summed E-state index contributed by atoms with van der Waals surface area (Å²) in [6.45, 7) is 5.35. The Balaban J connectivity index is -0.0000000120. The molecule has 0 heterocycles. The van der Waals surface area contributed by atoms with Crippen molar-refractivity contribution in [3.8, 4) is 0 Å². The minimum Gasteiger partial charge on any atom is -0.385 e. The third-order valence-corrected chi connectivity index (χ3v) is 1.39. The molecule has 0 N–H and O–H groups in total. The van der Waals surface area contributed by atoms with E-state index >= 15 is 0 Å². The lowest BCUT2D eigenvalue weighted by Crippen LogP contribution is -1.99. The van der Waals surface area contributed by atoms with Crippen LogP contribution in [0.25, 0.3) is 0 Å². The van der Waals surface area contributed by atoms with Gasteiger partial charge in [-0.15, -0.1) is 0 Å². The van der Waals surface area contributed by atoms with Crippen molar-refractivity contribution < 1.29 is 4.74 Å². The van der Waals surface area contributed by atoms with Crippen LogP contribution in [-0.2, 0) is 4.74 Å². The third-order valence-electron chi connectivity index (χ3n) is 0.697. The van der Waals surface area contributed by atoms with Crippen molar-refractivity contribution in [1.82, 2.24) is 0 Å². The molecule has 0 spiro atoms. The smallest absolute Gasteiger partial charge is 0.0485 e. The Morgan fingerprint density at radius 1 is 0.923 bits per heavy atom. The van der Waals surface area contributed by atoms with Crippen molar-refractivity contribution in [2.24, 2.45) is 0 Å². The lowest BCUT2D eigenvalue weighted by Gasteiger charge is -1.95. The van der Waals surface area contributed by atoms with Crippen LogP contribution < -0.4 is 0 Å². The maximum atomic E-state index is 5.19. The molecule has 0 aromatic carbocycles. The molecule has 0 aliphatic rings. The highest BCUT2D eigenvalue weighted by Gasteiger charge is 1.78. The average molecular weight is 215 g/mol. The molecule has 0 atom stereocenters. The minimum atomic E-state index is 0. The fourth-order valence-electron chi connectivity index (χ4n) is 0.391. The van der Waals surface area contributed by atoms with E-state index in [9.17, 15) is 0 Å². The number of ether oxygens (including phenoxy) is 1. The molecular weight excluding hydrogens is 176 g/mol. The lowest BCUT2D eigenvalue weighted by atomic mass is 10.5. The molecule has 0 saturated heterocycles. The molecule has 0 radical (unpaired) electrons. The molecule has 0 bridgehead atoms. The molecule has 0 aromatic rings. The standard InChI is InChI=1S/C5H14OSi.6CH4/c1-3-4-6-5-7-2;;;;;;/h3-5,7H2,1-2H3;6*1H4. The van der Waals surface area contributed by atoms with Gasteiger partial charge in [0.2, 0.25) is 0 Å². The van der Waals surface area contributed by atoms with Crippen LogP contribution >= 0.6 is 0 Å². The van der Waals surface area contributed by atoms with E-state index in [-0.39, 0.29) is 54.1 Å². The van der Waals surface area contributed by atoms with E-state index in [1.807, 2.05) is 0 Å². The summed E-state index contributed by atoms with van der Waals surface area (Å²) in [4.78, 5) is 0. The van der Waals surface area contributed by atoms with Crippen LogP contribution in [0.1, 0.15) is 57.9 Å². The van der Waals surface area contributed by atoms with Crippen LogP contribution in [0.4, 0.5) is 0 Å². The third kappa shape index (κ3) is 72.3. The van der Waals surface area contributed by atoms with Crippen molar-refractivity contribution >= 4 is 9.52 Å². The van der Waals surface area contributed by atoms with E-state index in [0.717, 1.165) is 19.3 Å². The summed E-state index contributed by atoms with van der Waals surface area (Å²) in [5.74, 6) is 0. The first-order valence-electron chi connectivity index (χ1n) is 2.99. The molecule has 0 aliphatic carbocycles. The van der Waals surface area contributed by atoms with Crippen LogP contribution in [0.15, 0.2) is 0 Å². The summed E-state index contributed by atoms with van der Waals surface area (Å²) >= 11 is 0. The molecule has 92 valence electrons. The Bertz CT molecular complexity index is 29.3. The normalized spacial score (nSPS) is 6.00. The topological polar surface area (TPSA) is 9.23 Å². The van der Waals surface area contributed by atoms with Gasteiger partial charge in [0.15, 0.2) is 0 Å². The van der Waals surface area contributed by atoms with E-state index < -0.39 is 0 Å². The minimum absolute atomic E-state index is 0. The van der Waals surface area contributed by atoms with Gasteiger partial charge < -0.3 is 4.74 Å². The van der Waals surface area contributed by atoms with E-state index in [4.69, 9.17) is 4.74 Å². The first-order chi connectivity index (χ1) is 3.41. The van der Waals surface area contributed by atoms with Gasteiger partial charge in [0.05, 0.1) is 0 Å². The number of hydrogen-bond acceptors (Lipinski definition) is 1. The zero-order valence-corrected chi connectivity index (χ0v) is 6.65. The van der Waals surface area contributed by atoms with Gasteiger partial charge in [-0.2, -0.15) is 0 Å². The Kier molecular flexibility index (Phi) is 224. The van der Waals surface area contributed by atoms with E-state index in [0.29, 0.717) is 0 Å². The van der Waals surface area contributed by atoms with Crippen LogP contribution in [0.3, 0.4) is 0 Å². The molecule has 0 fully saturated rings. The fourth-order valence-corrected chi connectivity index (χ4v) is 0.884. The van der Waals surface area contributed by atoms with Crippen molar-refractivity contribution in [2.45, 2.75) is 64.5 Å². The van der Waals surface area contributed by atoms with Crippen LogP contribution in [0.5, 0.6) is 0 Å². The Labute approximate surface area is 92.1 Å². The van der Waals surface area contributed by atoms with Gasteiger partial charge in [-0.05, 0) is 6.42 Å².